The first-order chi connectivity index (χ1) is 15.6. The first-order valence-electron chi connectivity index (χ1n) is 12.9. The Labute approximate surface area is 195 Å². The van der Waals surface area contributed by atoms with Gasteiger partial charge in [-0.15, -0.1) is 13.2 Å². The highest BCUT2D eigenvalue weighted by Gasteiger charge is 2.35. The Morgan fingerprint density at radius 1 is 0.818 bits per heavy atom. The molecule has 2 fully saturated rings. The SMILES string of the molecule is CCC(C)CCC1CCC(CCC2CCC(c3cc(F)c(OC(F)(F)F)c(F)c3)CC2)CC1. The van der Waals surface area contributed by atoms with E-state index in [0.717, 1.165) is 55.6 Å². The van der Waals surface area contributed by atoms with E-state index in [9.17, 15) is 22.0 Å². The molecule has 2 aliphatic rings. The monoisotopic (exact) mass is 474 g/mol. The van der Waals surface area contributed by atoms with Crippen molar-refractivity contribution in [1.82, 2.24) is 0 Å². The predicted molar refractivity (Wildman–Crippen MR) is 121 cm³/mol. The molecule has 0 radical (unpaired) electrons. The second-order valence-corrected chi connectivity index (χ2v) is 10.6. The smallest absolute Gasteiger partial charge is 0.399 e. The van der Waals surface area contributed by atoms with Gasteiger partial charge in [-0.1, -0.05) is 71.6 Å². The fraction of sp³-hybridized carbons (Fsp3) is 0.778. The summed E-state index contributed by atoms with van der Waals surface area (Å²) in [6, 6.07) is 2.02. The Morgan fingerprint density at radius 3 is 1.73 bits per heavy atom. The average molecular weight is 475 g/mol. The van der Waals surface area contributed by atoms with Gasteiger partial charge in [-0.25, -0.2) is 8.78 Å². The number of ether oxygens (including phenoxy) is 1. The van der Waals surface area contributed by atoms with Gasteiger partial charge in [-0.3, -0.25) is 0 Å². The minimum absolute atomic E-state index is 0.00821. The molecule has 0 amide bonds. The zero-order chi connectivity index (χ0) is 24.0. The van der Waals surface area contributed by atoms with Crippen LogP contribution in [-0.2, 0) is 0 Å². The molecule has 1 aromatic carbocycles. The Hall–Kier alpha value is -1.33. The predicted octanol–water partition coefficient (Wildman–Crippen LogP) is 9.55. The molecule has 0 aromatic heterocycles. The van der Waals surface area contributed by atoms with Crippen molar-refractivity contribution in [3.05, 3.63) is 29.3 Å². The first-order valence-corrected chi connectivity index (χ1v) is 12.9. The fourth-order valence-corrected chi connectivity index (χ4v) is 5.82. The summed E-state index contributed by atoms with van der Waals surface area (Å²) in [6.07, 6.45) is 10.5. The van der Waals surface area contributed by atoms with Crippen molar-refractivity contribution in [3.8, 4) is 5.75 Å². The van der Waals surface area contributed by atoms with Gasteiger partial charge < -0.3 is 4.74 Å². The molecule has 3 rings (SSSR count). The van der Waals surface area contributed by atoms with Gasteiger partial charge in [0.25, 0.3) is 0 Å². The number of alkyl halides is 3. The van der Waals surface area contributed by atoms with E-state index in [2.05, 4.69) is 18.6 Å². The van der Waals surface area contributed by atoms with E-state index in [4.69, 9.17) is 0 Å². The molecule has 6 heteroatoms. The zero-order valence-corrected chi connectivity index (χ0v) is 20.0. The van der Waals surface area contributed by atoms with E-state index in [0.29, 0.717) is 11.5 Å². The Bertz CT molecular complexity index is 708. The topological polar surface area (TPSA) is 9.23 Å². The van der Waals surface area contributed by atoms with Crippen molar-refractivity contribution < 1.29 is 26.7 Å². The van der Waals surface area contributed by atoms with E-state index in [-0.39, 0.29) is 5.92 Å². The van der Waals surface area contributed by atoms with E-state index in [1.807, 2.05) is 0 Å². The highest BCUT2D eigenvalue weighted by atomic mass is 19.4. The van der Waals surface area contributed by atoms with Crippen LogP contribution >= 0.6 is 0 Å². The van der Waals surface area contributed by atoms with Gasteiger partial charge >= 0.3 is 6.36 Å². The summed E-state index contributed by atoms with van der Waals surface area (Å²) >= 11 is 0. The van der Waals surface area contributed by atoms with E-state index >= 15 is 0 Å². The molecule has 1 nitrogen and oxygen atoms in total. The Balaban J connectivity index is 1.39. The number of halogens is 5. The molecule has 0 saturated heterocycles. The minimum Gasteiger partial charge on any atom is -0.399 e. The lowest BCUT2D eigenvalue weighted by atomic mass is 9.73. The molecule has 1 unspecified atom stereocenters. The number of hydrogen-bond donors (Lipinski definition) is 0. The summed E-state index contributed by atoms with van der Waals surface area (Å²) < 4.78 is 68.7. The molecule has 0 bridgehead atoms. The van der Waals surface area contributed by atoms with E-state index in [1.165, 1.54) is 57.8 Å². The van der Waals surface area contributed by atoms with Crippen molar-refractivity contribution in [1.29, 1.82) is 0 Å². The van der Waals surface area contributed by atoms with E-state index < -0.39 is 23.7 Å². The summed E-state index contributed by atoms with van der Waals surface area (Å²) in [7, 11) is 0. The highest BCUT2D eigenvalue weighted by molar-refractivity contribution is 5.33. The van der Waals surface area contributed by atoms with Crippen LogP contribution in [0.15, 0.2) is 12.1 Å². The summed E-state index contributed by atoms with van der Waals surface area (Å²) in [5.74, 6) is -0.704. The number of benzene rings is 1. The summed E-state index contributed by atoms with van der Waals surface area (Å²) in [4.78, 5) is 0. The van der Waals surface area contributed by atoms with E-state index in [1.54, 1.807) is 0 Å². The van der Waals surface area contributed by atoms with Crippen molar-refractivity contribution in [2.24, 2.45) is 23.7 Å². The van der Waals surface area contributed by atoms with Gasteiger partial charge in [0.1, 0.15) is 0 Å². The summed E-state index contributed by atoms with van der Waals surface area (Å²) in [6.45, 7) is 4.62. The van der Waals surface area contributed by atoms with Crippen LogP contribution in [0.2, 0.25) is 0 Å². The maximum atomic E-state index is 14.1. The Morgan fingerprint density at radius 2 is 1.27 bits per heavy atom. The van der Waals surface area contributed by atoms with Gasteiger partial charge in [0.15, 0.2) is 11.6 Å². The van der Waals surface area contributed by atoms with Crippen molar-refractivity contribution >= 4 is 0 Å². The number of rotatable bonds is 9. The van der Waals surface area contributed by atoms with Crippen molar-refractivity contribution in [2.45, 2.75) is 110 Å². The molecule has 0 heterocycles. The molecule has 188 valence electrons. The minimum atomic E-state index is -5.12. The molecule has 0 N–H and O–H groups in total. The maximum Gasteiger partial charge on any atom is 0.573 e. The van der Waals surface area contributed by atoms with Crippen LogP contribution in [0.1, 0.15) is 109 Å². The molecule has 33 heavy (non-hydrogen) atoms. The van der Waals surface area contributed by atoms with Gasteiger partial charge in [-0.2, -0.15) is 0 Å². The van der Waals surface area contributed by atoms with Gasteiger partial charge in [0.2, 0.25) is 5.75 Å². The quantitative estimate of drug-likeness (QED) is 0.324. The second kappa shape index (κ2) is 11.9. The van der Waals surface area contributed by atoms with Gasteiger partial charge in [0.05, 0.1) is 0 Å². The largest absolute Gasteiger partial charge is 0.573 e. The zero-order valence-electron chi connectivity index (χ0n) is 20.0. The molecule has 0 spiro atoms. The highest BCUT2D eigenvalue weighted by Crippen LogP contribution is 2.42. The van der Waals surface area contributed by atoms with Crippen LogP contribution in [0.3, 0.4) is 0 Å². The standard InChI is InChI=1S/C27H39F5O/c1-3-18(2)4-5-19-6-8-20(9-7-19)10-11-21-12-14-22(15-13-21)23-16-24(28)26(25(29)17-23)33-27(30,31)32/h16-22H,3-15H2,1-2H3. The van der Waals surface area contributed by atoms with Crippen molar-refractivity contribution in [2.75, 3.05) is 0 Å². The lowest BCUT2D eigenvalue weighted by Crippen LogP contribution is -2.20. The van der Waals surface area contributed by atoms with Crippen LogP contribution in [0.25, 0.3) is 0 Å². The molecule has 1 aromatic rings. The van der Waals surface area contributed by atoms with Crippen molar-refractivity contribution in [3.63, 3.8) is 0 Å². The average Bonchev–Trinajstić information content (AvgIpc) is 2.78. The maximum absolute atomic E-state index is 14.1. The normalized spacial score (nSPS) is 27.4. The lowest BCUT2D eigenvalue weighted by molar-refractivity contribution is -0.276. The lowest BCUT2D eigenvalue weighted by Gasteiger charge is -2.32. The molecular formula is C27H39F5O. The van der Waals surface area contributed by atoms with Crippen LogP contribution in [-0.4, -0.2) is 6.36 Å². The van der Waals surface area contributed by atoms with Crippen LogP contribution in [0.4, 0.5) is 22.0 Å². The third kappa shape index (κ3) is 8.13. The van der Waals surface area contributed by atoms with Crippen LogP contribution in [0.5, 0.6) is 5.75 Å². The molecule has 0 aliphatic heterocycles. The Kier molecular flexibility index (Phi) is 9.46. The van der Waals surface area contributed by atoms with Crippen LogP contribution < -0.4 is 4.74 Å². The third-order valence-corrected chi connectivity index (χ3v) is 8.27. The van der Waals surface area contributed by atoms with Gasteiger partial charge in [0, 0.05) is 0 Å². The fourth-order valence-electron chi connectivity index (χ4n) is 5.82. The molecule has 2 aliphatic carbocycles. The number of hydrogen-bond acceptors (Lipinski definition) is 1. The summed E-state index contributed by atoms with van der Waals surface area (Å²) in [5, 5.41) is 0. The van der Waals surface area contributed by atoms with Gasteiger partial charge in [-0.05, 0) is 73.0 Å². The summed E-state index contributed by atoms with van der Waals surface area (Å²) in [5.41, 5.74) is 0.439. The molecule has 2 saturated carbocycles. The first kappa shape index (κ1) is 26.3. The molecule has 1 atom stereocenters. The second-order valence-electron chi connectivity index (χ2n) is 10.6. The molecular weight excluding hydrogens is 435 g/mol. The van der Waals surface area contributed by atoms with Crippen LogP contribution in [0, 0.1) is 35.3 Å². The third-order valence-electron chi connectivity index (χ3n) is 8.27.